The molecule has 0 saturated heterocycles. The van der Waals surface area contributed by atoms with Gasteiger partial charge < -0.3 is 15.2 Å². The second-order valence-corrected chi connectivity index (χ2v) is 7.04. The number of rotatable bonds is 4. The summed E-state index contributed by atoms with van der Waals surface area (Å²) in [6.07, 6.45) is 3.26. The Morgan fingerprint density at radius 3 is 2.15 bits per heavy atom. The molecule has 1 saturated carbocycles. The molecule has 5 nitrogen and oxygen atoms in total. The lowest BCUT2D eigenvalue weighted by Gasteiger charge is -2.39. The third-order valence-electron chi connectivity index (χ3n) is 3.71. The summed E-state index contributed by atoms with van der Waals surface area (Å²) in [6.45, 7) is 0. The zero-order valence-electron chi connectivity index (χ0n) is 11.7. The molecule has 112 valence electrons. The van der Waals surface area contributed by atoms with Gasteiger partial charge in [0.2, 0.25) is 0 Å². The van der Waals surface area contributed by atoms with Crippen molar-refractivity contribution in [2.24, 2.45) is 5.73 Å². The SMILES string of the molecule is COc1c(C2(N)CCC2)cc(F)c(S(C)(=O)=O)c1OC. The Morgan fingerprint density at radius 2 is 1.80 bits per heavy atom. The predicted octanol–water partition coefficient (Wildman–Crippen LogP) is 1.58. The molecule has 0 bridgehead atoms. The number of sulfone groups is 1. The molecule has 0 heterocycles. The lowest BCUT2D eigenvalue weighted by Crippen LogP contribution is -2.43. The van der Waals surface area contributed by atoms with Crippen molar-refractivity contribution in [1.29, 1.82) is 0 Å². The summed E-state index contributed by atoms with van der Waals surface area (Å²) in [5.74, 6) is -0.796. The van der Waals surface area contributed by atoms with Crippen LogP contribution in [0.2, 0.25) is 0 Å². The van der Waals surface area contributed by atoms with Crippen molar-refractivity contribution in [3.63, 3.8) is 0 Å². The molecule has 0 unspecified atom stereocenters. The molecule has 1 aromatic rings. The van der Waals surface area contributed by atoms with Gasteiger partial charge in [0, 0.05) is 17.4 Å². The number of hydrogen-bond donors (Lipinski definition) is 1. The molecule has 0 aromatic heterocycles. The fourth-order valence-electron chi connectivity index (χ4n) is 2.52. The predicted molar refractivity (Wildman–Crippen MR) is 72.3 cm³/mol. The first-order chi connectivity index (χ1) is 9.24. The molecule has 20 heavy (non-hydrogen) atoms. The molecule has 0 spiro atoms. The van der Waals surface area contributed by atoms with Gasteiger partial charge in [-0.1, -0.05) is 0 Å². The average Bonchev–Trinajstić information content (AvgIpc) is 2.32. The zero-order chi connectivity index (χ0) is 15.1. The topological polar surface area (TPSA) is 78.6 Å². The van der Waals surface area contributed by atoms with Crippen LogP contribution < -0.4 is 15.2 Å². The second kappa shape index (κ2) is 4.89. The van der Waals surface area contributed by atoms with Crippen molar-refractivity contribution in [3.05, 3.63) is 17.4 Å². The molecule has 1 aliphatic rings. The maximum Gasteiger partial charge on any atom is 0.182 e. The molecule has 2 N–H and O–H groups in total. The third-order valence-corrected chi connectivity index (χ3v) is 4.83. The van der Waals surface area contributed by atoms with E-state index in [1.54, 1.807) is 0 Å². The summed E-state index contributed by atoms with van der Waals surface area (Å²) in [7, 11) is -1.12. The van der Waals surface area contributed by atoms with Crippen LogP contribution in [0.15, 0.2) is 11.0 Å². The minimum absolute atomic E-state index is 0.123. The van der Waals surface area contributed by atoms with E-state index < -0.39 is 26.1 Å². The van der Waals surface area contributed by atoms with E-state index in [1.807, 2.05) is 0 Å². The summed E-state index contributed by atoms with van der Waals surface area (Å²) < 4.78 is 48.0. The van der Waals surface area contributed by atoms with Gasteiger partial charge in [0.05, 0.1) is 14.2 Å². The van der Waals surface area contributed by atoms with Gasteiger partial charge >= 0.3 is 0 Å². The number of methoxy groups -OCH3 is 2. The molecule has 0 radical (unpaired) electrons. The fraction of sp³-hybridized carbons (Fsp3) is 0.538. The van der Waals surface area contributed by atoms with Crippen molar-refractivity contribution in [3.8, 4) is 11.5 Å². The molecular weight excluding hydrogens is 285 g/mol. The molecule has 1 aromatic carbocycles. The second-order valence-electron chi connectivity index (χ2n) is 5.08. The molecule has 1 aliphatic carbocycles. The van der Waals surface area contributed by atoms with Crippen LogP contribution in [0.25, 0.3) is 0 Å². The van der Waals surface area contributed by atoms with Gasteiger partial charge in [-0.3, -0.25) is 0 Å². The van der Waals surface area contributed by atoms with Gasteiger partial charge in [-0.15, -0.1) is 0 Å². The highest BCUT2D eigenvalue weighted by Crippen LogP contribution is 2.48. The monoisotopic (exact) mass is 303 g/mol. The first-order valence-corrected chi connectivity index (χ1v) is 8.07. The van der Waals surface area contributed by atoms with E-state index in [0.717, 1.165) is 18.7 Å². The number of hydrogen-bond acceptors (Lipinski definition) is 5. The standard InChI is InChI=1S/C13H18FNO4S/c1-18-10-8(13(15)5-4-6-13)7-9(14)12(11(10)19-2)20(3,16)17/h7H,4-6,15H2,1-3H3. The largest absolute Gasteiger partial charge is 0.492 e. The van der Waals surface area contributed by atoms with Crippen molar-refractivity contribution in [2.45, 2.75) is 29.7 Å². The van der Waals surface area contributed by atoms with Crippen LogP contribution in [0.1, 0.15) is 24.8 Å². The summed E-state index contributed by atoms with van der Waals surface area (Å²) >= 11 is 0. The Labute approximate surface area is 117 Å². The molecule has 1 fully saturated rings. The maximum absolute atomic E-state index is 14.2. The normalized spacial score (nSPS) is 17.4. The molecular formula is C13H18FNO4S. The highest BCUT2D eigenvalue weighted by atomic mass is 32.2. The van der Waals surface area contributed by atoms with E-state index in [0.29, 0.717) is 18.4 Å². The van der Waals surface area contributed by atoms with Crippen molar-refractivity contribution in [2.75, 3.05) is 20.5 Å². The maximum atomic E-state index is 14.2. The zero-order valence-corrected chi connectivity index (χ0v) is 12.5. The fourth-order valence-corrected chi connectivity index (χ4v) is 3.45. The summed E-state index contributed by atoms with van der Waals surface area (Å²) in [5, 5.41) is 0. The van der Waals surface area contributed by atoms with E-state index in [2.05, 4.69) is 0 Å². The molecule has 0 atom stereocenters. The Hall–Kier alpha value is -1.34. The van der Waals surface area contributed by atoms with Crippen molar-refractivity contribution < 1.29 is 22.3 Å². The highest BCUT2D eigenvalue weighted by molar-refractivity contribution is 7.90. The van der Waals surface area contributed by atoms with E-state index in [4.69, 9.17) is 15.2 Å². The van der Waals surface area contributed by atoms with Crippen LogP contribution in [-0.4, -0.2) is 28.9 Å². The van der Waals surface area contributed by atoms with Gasteiger partial charge in [-0.25, -0.2) is 12.8 Å². The number of halogens is 1. The van der Waals surface area contributed by atoms with E-state index in [-0.39, 0.29) is 11.5 Å². The summed E-state index contributed by atoms with van der Waals surface area (Å²) in [4.78, 5) is -0.497. The average molecular weight is 303 g/mol. The summed E-state index contributed by atoms with van der Waals surface area (Å²) in [6, 6.07) is 1.15. The van der Waals surface area contributed by atoms with Gasteiger partial charge in [0.25, 0.3) is 0 Å². The summed E-state index contributed by atoms with van der Waals surface area (Å²) in [5.41, 5.74) is 5.97. The highest BCUT2D eigenvalue weighted by Gasteiger charge is 2.40. The van der Waals surface area contributed by atoms with Gasteiger partial charge in [-0.05, 0) is 25.3 Å². The quantitative estimate of drug-likeness (QED) is 0.913. The molecule has 7 heteroatoms. The lowest BCUT2D eigenvalue weighted by molar-refractivity contribution is 0.237. The Balaban J connectivity index is 2.78. The molecule has 0 amide bonds. The van der Waals surface area contributed by atoms with Crippen LogP contribution >= 0.6 is 0 Å². The van der Waals surface area contributed by atoms with Gasteiger partial charge in [0.1, 0.15) is 10.7 Å². The smallest absolute Gasteiger partial charge is 0.182 e. The van der Waals surface area contributed by atoms with E-state index in [9.17, 15) is 12.8 Å². The van der Waals surface area contributed by atoms with Gasteiger partial charge in [0.15, 0.2) is 21.3 Å². The van der Waals surface area contributed by atoms with Gasteiger partial charge in [-0.2, -0.15) is 0 Å². The number of ether oxygens (including phenoxy) is 2. The van der Waals surface area contributed by atoms with Crippen LogP contribution in [0.5, 0.6) is 11.5 Å². The van der Waals surface area contributed by atoms with Crippen LogP contribution in [-0.2, 0) is 15.4 Å². The number of benzene rings is 1. The Morgan fingerprint density at radius 1 is 1.25 bits per heavy atom. The Kier molecular flexibility index (Phi) is 3.68. The van der Waals surface area contributed by atoms with E-state index in [1.165, 1.54) is 14.2 Å². The van der Waals surface area contributed by atoms with Crippen LogP contribution in [0.4, 0.5) is 4.39 Å². The minimum Gasteiger partial charge on any atom is -0.492 e. The van der Waals surface area contributed by atoms with Crippen LogP contribution in [0, 0.1) is 5.82 Å². The van der Waals surface area contributed by atoms with Crippen LogP contribution in [0.3, 0.4) is 0 Å². The first kappa shape index (κ1) is 15.1. The number of nitrogens with two attached hydrogens (primary N) is 1. The molecule has 2 rings (SSSR count). The lowest BCUT2D eigenvalue weighted by atomic mass is 9.72. The third kappa shape index (κ3) is 2.25. The van der Waals surface area contributed by atoms with Crippen molar-refractivity contribution >= 4 is 9.84 Å². The molecule has 0 aliphatic heterocycles. The minimum atomic E-state index is -3.78. The first-order valence-electron chi connectivity index (χ1n) is 6.18. The Bertz CT molecular complexity index is 638. The van der Waals surface area contributed by atoms with Crippen molar-refractivity contribution in [1.82, 2.24) is 0 Å². The van der Waals surface area contributed by atoms with E-state index >= 15 is 0 Å².